The van der Waals surface area contributed by atoms with Crippen molar-refractivity contribution in [2.24, 2.45) is 11.8 Å². The molecule has 1 aromatic heterocycles. The van der Waals surface area contributed by atoms with Crippen LogP contribution in [0.4, 0.5) is 0 Å². The van der Waals surface area contributed by atoms with Gasteiger partial charge in [0.2, 0.25) is 0 Å². The summed E-state index contributed by atoms with van der Waals surface area (Å²) >= 11 is 0. The molecule has 3 rings (SSSR count). The summed E-state index contributed by atoms with van der Waals surface area (Å²) in [7, 11) is 0. The minimum absolute atomic E-state index is 0.502. The van der Waals surface area contributed by atoms with Crippen LogP contribution in [0.5, 0.6) is 0 Å². The van der Waals surface area contributed by atoms with Gasteiger partial charge >= 0.3 is 0 Å². The number of fused-ring (bicyclic) bond motifs is 1. The van der Waals surface area contributed by atoms with Crippen LogP contribution in [0.1, 0.15) is 31.1 Å². The first-order valence-electron chi connectivity index (χ1n) is 5.22. The van der Waals surface area contributed by atoms with Crippen LogP contribution in [0, 0.1) is 11.8 Å². The molecule has 1 N–H and O–H groups in total. The Morgan fingerprint density at radius 2 is 2.38 bits per heavy atom. The molecule has 0 amide bonds. The van der Waals surface area contributed by atoms with Crippen molar-refractivity contribution in [2.45, 2.75) is 25.3 Å². The van der Waals surface area contributed by atoms with Gasteiger partial charge in [-0.2, -0.15) is 0 Å². The number of furan rings is 1. The summed E-state index contributed by atoms with van der Waals surface area (Å²) < 4.78 is 5.46. The number of hydrogen-bond acceptors (Lipinski definition) is 2. The lowest BCUT2D eigenvalue weighted by atomic mass is 9.93. The number of rotatable bonds is 1. The highest BCUT2D eigenvalue weighted by molar-refractivity contribution is 5.10. The van der Waals surface area contributed by atoms with Gasteiger partial charge in [0.15, 0.2) is 0 Å². The Bertz CT molecular complexity index is 280. The Kier molecular flexibility index (Phi) is 1.69. The Morgan fingerprint density at radius 3 is 3.23 bits per heavy atom. The second-order valence-corrected chi connectivity index (χ2v) is 4.26. The standard InChI is InChI=1S/C11H15NO/c1-3-8-7-12-11(9(8)4-1)10-5-2-6-13-10/h2,5-6,8-9,11-12H,1,3-4,7H2. The van der Waals surface area contributed by atoms with Crippen LogP contribution in [0.15, 0.2) is 22.8 Å². The molecule has 2 nitrogen and oxygen atoms in total. The van der Waals surface area contributed by atoms with E-state index in [0.717, 1.165) is 17.6 Å². The molecule has 0 aromatic carbocycles. The van der Waals surface area contributed by atoms with Gasteiger partial charge < -0.3 is 9.73 Å². The van der Waals surface area contributed by atoms with Crippen LogP contribution < -0.4 is 5.32 Å². The summed E-state index contributed by atoms with van der Waals surface area (Å²) in [4.78, 5) is 0. The minimum atomic E-state index is 0.502. The maximum atomic E-state index is 5.46. The molecule has 0 spiro atoms. The summed E-state index contributed by atoms with van der Waals surface area (Å²) in [5.41, 5.74) is 0. The van der Waals surface area contributed by atoms with E-state index < -0.39 is 0 Å². The maximum Gasteiger partial charge on any atom is 0.120 e. The first-order valence-corrected chi connectivity index (χ1v) is 5.22. The molecule has 3 atom stereocenters. The van der Waals surface area contributed by atoms with Gasteiger partial charge in [-0.1, -0.05) is 6.42 Å². The molecular weight excluding hydrogens is 162 g/mol. The fourth-order valence-electron chi connectivity index (χ4n) is 2.97. The largest absolute Gasteiger partial charge is 0.468 e. The van der Waals surface area contributed by atoms with Gasteiger partial charge in [-0.25, -0.2) is 0 Å². The zero-order valence-corrected chi connectivity index (χ0v) is 7.70. The van der Waals surface area contributed by atoms with E-state index in [-0.39, 0.29) is 0 Å². The van der Waals surface area contributed by atoms with Crippen molar-refractivity contribution in [3.63, 3.8) is 0 Å². The smallest absolute Gasteiger partial charge is 0.120 e. The van der Waals surface area contributed by atoms with E-state index >= 15 is 0 Å². The molecule has 1 aliphatic heterocycles. The summed E-state index contributed by atoms with van der Waals surface area (Å²) in [6.45, 7) is 1.19. The van der Waals surface area contributed by atoms with E-state index in [1.54, 1.807) is 6.26 Å². The third-order valence-corrected chi connectivity index (χ3v) is 3.60. The molecule has 0 bridgehead atoms. The van der Waals surface area contributed by atoms with Crippen molar-refractivity contribution >= 4 is 0 Å². The molecule has 1 aromatic rings. The van der Waals surface area contributed by atoms with Crippen LogP contribution in [-0.2, 0) is 0 Å². The molecule has 70 valence electrons. The molecule has 0 radical (unpaired) electrons. The number of hydrogen-bond donors (Lipinski definition) is 1. The van der Waals surface area contributed by atoms with Gasteiger partial charge in [-0.3, -0.25) is 0 Å². The summed E-state index contributed by atoms with van der Waals surface area (Å²) in [6.07, 6.45) is 5.98. The van der Waals surface area contributed by atoms with Crippen molar-refractivity contribution in [3.8, 4) is 0 Å². The van der Waals surface area contributed by atoms with Crippen LogP contribution in [0.2, 0.25) is 0 Å². The third kappa shape index (κ3) is 1.12. The lowest BCUT2D eigenvalue weighted by Gasteiger charge is -2.15. The van der Waals surface area contributed by atoms with Crippen LogP contribution in [0.3, 0.4) is 0 Å². The lowest BCUT2D eigenvalue weighted by molar-refractivity contribution is 0.358. The summed E-state index contributed by atoms with van der Waals surface area (Å²) in [6, 6.07) is 4.58. The molecule has 1 saturated heterocycles. The highest BCUT2D eigenvalue weighted by Crippen LogP contribution is 2.44. The Balaban J connectivity index is 1.86. The van der Waals surface area contributed by atoms with Gasteiger partial charge in [0.25, 0.3) is 0 Å². The quantitative estimate of drug-likeness (QED) is 0.712. The molecule has 2 fully saturated rings. The SMILES string of the molecule is c1coc(C2NCC3CCCC32)c1. The van der Waals surface area contributed by atoms with E-state index in [1.165, 1.54) is 25.8 Å². The summed E-state index contributed by atoms with van der Waals surface area (Å²) in [5, 5.41) is 3.57. The zero-order valence-electron chi connectivity index (χ0n) is 7.70. The first kappa shape index (κ1) is 7.63. The van der Waals surface area contributed by atoms with Gasteiger partial charge in [0.05, 0.1) is 12.3 Å². The fraction of sp³-hybridized carbons (Fsp3) is 0.636. The Hall–Kier alpha value is -0.760. The van der Waals surface area contributed by atoms with Crippen molar-refractivity contribution in [1.82, 2.24) is 5.32 Å². The van der Waals surface area contributed by atoms with Crippen molar-refractivity contribution in [3.05, 3.63) is 24.2 Å². The highest BCUT2D eigenvalue weighted by atomic mass is 16.3. The summed E-state index contributed by atoms with van der Waals surface area (Å²) in [5.74, 6) is 2.88. The predicted molar refractivity (Wildman–Crippen MR) is 50.3 cm³/mol. The van der Waals surface area contributed by atoms with E-state index in [4.69, 9.17) is 4.42 Å². The normalized spacial score (nSPS) is 38.0. The van der Waals surface area contributed by atoms with Crippen LogP contribution in [0.25, 0.3) is 0 Å². The van der Waals surface area contributed by atoms with Gasteiger partial charge in [0.1, 0.15) is 5.76 Å². The maximum absolute atomic E-state index is 5.46. The van der Waals surface area contributed by atoms with E-state index in [0.29, 0.717) is 6.04 Å². The molecule has 2 heterocycles. The van der Waals surface area contributed by atoms with Crippen molar-refractivity contribution in [1.29, 1.82) is 0 Å². The van der Waals surface area contributed by atoms with Gasteiger partial charge in [-0.05, 0) is 43.4 Å². The fourth-order valence-corrected chi connectivity index (χ4v) is 2.97. The second-order valence-electron chi connectivity index (χ2n) is 4.26. The van der Waals surface area contributed by atoms with Gasteiger partial charge in [-0.15, -0.1) is 0 Å². The average Bonchev–Trinajstić information content (AvgIpc) is 2.79. The average molecular weight is 177 g/mol. The molecule has 13 heavy (non-hydrogen) atoms. The molecular formula is C11H15NO. The number of nitrogens with one attached hydrogen (secondary N) is 1. The van der Waals surface area contributed by atoms with Crippen LogP contribution >= 0.6 is 0 Å². The molecule has 2 heteroatoms. The topological polar surface area (TPSA) is 25.2 Å². The third-order valence-electron chi connectivity index (χ3n) is 3.60. The van der Waals surface area contributed by atoms with Crippen LogP contribution in [-0.4, -0.2) is 6.54 Å². The predicted octanol–water partition coefficient (Wildman–Crippen LogP) is 2.34. The molecule has 2 aliphatic rings. The monoisotopic (exact) mass is 177 g/mol. The lowest BCUT2D eigenvalue weighted by Crippen LogP contribution is -2.16. The van der Waals surface area contributed by atoms with E-state index in [1.807, 2.05) is 6.07 Å². The zero-order chi connectivity index (χ0) is 8.67. The first-order chi connectivity index (χ1) is 6.45. The molecule has 1 aliphatic carbocycles. The van der Waals surface area contributed by atoms with Crippen molar-refractivity contribution < 1.29 is 4.42 Å². The Morgan fingerprint density at radius 1 is 1.38 bits per heavy atom. The molecule has 1 saturated carbocycles. The Labute approximate surface area is 78.3 Å². The van der Waals surface area contributed by atoms with E-state index in [2.05, 4.69) is 11.4 Å². The molecule has 3 unspecified atom stereocenters. The van der Waals surface area contributed by atoms with Gasteiger partial charge in [0, 0.05) is 0 Å². The highest BCUT2D eigenvalue weighted by Gasteiger charge is 2.40. The van der Waals surface area contributed by atoms with E-state index in [9.17, 15) is 0 Å². The second kappa shape index (κ2) is 2.88. The van der Waals surface area contributed by atoms with Crippen molar-refractivity contribution in [2.75, 3.05) is 6.54 Å². The minimum Gasteiger partial charge on any atom is -0.468 e.